The number of piperidine rings is 2. The van der Waals surface area contributed by atoms with Crippen LogP contribution in [0.5, 0.6) is 0 Å². The Morgan fingerprint density at radius 1 is 0.893 bits per heavy atom. The van der Waals surface area contributed by atoms with Crippen molar-refractivity contribution in [3.63, 3.8) is 0 Å². The third kappa shape index (κ3) is 5.15. The summed E-state index contributed by atoms with van der Waals surface area (Å²) in [6.45, 7) is 7.45. The highest BCUT2D eigenvalue weighted by atomic mass is 16.2. The van der Waals surface area contributed by atoms with Gasteiger partial charge < -0.3 is 9.80 Å². The summed E-state index contributed by atoms with van der Waals surface area (Å²) in [6, 6.07) is 10.7. The Morgan fingerprint density at radius 3 is 2.04 bits per heavy atom. The molecule has 2 saturated heterocycles. The van der Waals surface area contributed by atoms with Crippen LogP contribution in [0.25, 0.3) is 0 Å². The standard InChI is InChI=1S/C24H36N2O2/c1-3-21(4-2)23(27)26-16-12-22(13-17-26)24(28)25-14-10-20(11-15-25)18-19-8-6-5-7-9-19/h5-9,20-22H,3-4,10-18H2,1-2H3. The van der Waals surface area contributed by atoms with Crippen molar-refractivity contribution >= 4 is 11.8 Å². The lowest BCUT2D eigenvalue weighted by molar-refractivity contribution is -0.143. The van der Waals surface area contributed by atoms with Gasteiger partial charge in [0.15, 0.2) is 0 Å². The molecule has 2 aliphatic heterocycles. The van der Waals surface area contributed by atoms with Gasteiger partial charge in [-0.3, -0.25) is 9.59 Å². The molecule has 0 saturated carbocycles. The van der Waals surface area contributed by atoms with Gasteiger partial charge in [-0.15, -0.1) is 0 Å². The third-order valence-corrected chi connectivity index (χ3v) is 6.78. The molecule has 0 aromatic heterocycles. The summed E-state index contributed by atoms with van der Waals surface area (Å²) in [6.07, 6.45) is 6.81. The number of carbonyl (C=O) groups excluding carboxylic acids is 2. The molecule has 0 bridgehead atoms. The molecule has 2 fully saturated rings. The van der Waals surface area contributed by atoms with E-state index in [0.717, 1.165) is 71.1 Å². The van der Waals surface area contributed by atoms with Crippen LogP contribution in [0.15, 0.2) is 30.3 Å². The number of hydrogen-bond donors (Lipinski definition) is 0. The summed E-state index contributed by atoms with van der Waals surface area (Å²) in [4.78, 5) is 29.6. The van der Waals surface area contributed by atoms with Gasteiger partial charge in [-0.25, -0.2) is 0 Å². The lowest BCUT2D eigenvalue weighted by atomic mass is 9.88. The molecular weight excluding hydrogens is 348 g/mol. The molecule has 2 heterocycles. The highest BCUT2D eigenvalue weighted by molar-refractivity contribution is 5.81. The minimum atomic E-state index is 0.108. The first-order valence-electron chi connectivity index (χ1n) is 11.2. The lowest BCUT2D eigenvalue weighted by Crippen LogP contribution is -2.47. The van der Waals surface area contributed by atoms with E-state index in [9.17, 15) is 9.59 Å². The van der Waals surface area contributed by atoms with E-state index in [-0.39, 0.29) is 17.7 Å². The van der Waals surface area contributed by atoms with E-state index in [1.807, 2.05) is 4.90 Å². The highest BCUT2D eigenvalue weighted by Crippen LogP contribution is 2.26. The second-order valence-corrected chi connectivity index (χ2v) is 8.57. The van der Waals surface area contributed by atoms with Crippen molar-refractivity contribution in [2.24, 2.45) is 17.8 Å². The van der Waals surface area contributed by atoms with Gasteiger partial charge in [0.25, 0.3) is 0 Å². The third-order valence-electron chi connectivity index (χ3n) is 6.78. The van der Waals surface area contributed by atoms with Crippen LogP contribution in [0.2, 0.25) is 0 Å². The molecule has 0 radical (unpaired) electrons. The first kappa shape index (κ1) is 20.9. The van der Waals surface area contributed by atoms with Gasteiger partial charge in [-0.2, -0.15) is 0 Å². The Morgan fingerprint density at radius 2 is 1.46 bits per heavy atom. The average molecular weight is 385 g/mol. The first-order valence-corrected chi connectivity index (χ1v) is 11.2. The van der Waals surface area contributed by atoms with E-state index in [1.54, 1.807) is 0 Å². The van der Waals surface area contributed by atoms with Crippen molar-refractivity contribution in [2.75, 3.05) is 26.2 Å². The molecule has 1 aromatic rings. The number of amides is 2. The molecule has 4 heteroatoms. The SMILES string of the molecule is CCC(CC)C(=O)N1CCC(C(=O)N2CCC(Cc3ccccc3)CC2)CC1. The number of carbonyl (C=O) groups is 2. The minimum Gasteiger partial charge on any atom is -0.342 e. The van der Waals surface area contributed by atoms with Gasteiger partial charge in [0.1, 0.15) is 0 Å². The number of nitrogens with zero attached hydrogens (tertiary/aromatic N) is 2. The van der Waals surface area contributed by atoms with Gasteiger partial charge in [-0.1, -0.05) is 44.2 Å². The largest absolute Gasteiger partial charge is 0.342 e. The molecule has 0 N–H and O–H groups in total. The fraction of sp³-hybridized carbons (Fsp3) is 0.667. The predicted molar refractivity (Wildman–Crippen MR) is 113 cm³/mol. The zero-order chi connectivity index (χ0) is 19.9. The molecule has 1 aromatic carbocycles. The maximum Gasteiger partial charge on any atom is 0.225 e. The molecule has 2 aliphatic rings. The number of rotatable bonds is 6. The molecule has 0 unspecified atom stereocenters. The monoisotopic (exact) mass is 384 g/mol. The van der Waals surface area contributed by atoms with E-state index in [0.29, 0.717) is 11.8 Å². The van der Waals surface area contributed by atoms with E-state index in [1.165, 1.54) is 5.56 Å². The van der Waals surface area contributed by atoms with Crippen LogP contribution in [0.4, 0.5) is 0 Å². The van der Waals surface area contributed by atoms with E-state index in [4.69, 9.17) is 0 Å². The predicted octanol–water partition coefficient (Wildman–Crippen LogP) is 4.14. The van der Waals surface area contributed by atoms with Gasteiger partial charge in [0.2, 0.25) is 11.8 Å². The molecule has 2 amide bonds. The summed E-state index contributed by atoms with van der Waals surface area (Å²) in [5, 5.41) is 0. The van der Waals surface area contributed by atoms with Gasteiger partial charge >= 0.3 is 0 Å². The average Bonchev–Trinajstić information content (AvgIpc) is 2.75. The Kier molecular flexibility index (Phi) is 7.52. The van der Waals surface area contributed by atoms with Gasteiger partial charge in [0, 0.05) is 38.0 Å². The van der Waals surface area contributed by atoms with E-state index < -0.39 is 0 Å². The molecule has 0 spiro atoms. The molecule has 28 heavy (non-hydrogen) atoms. The van der Waals surface area contributed by atoms with Crippen molar-refractivity contribution in [3.05, 3.63) is 35.9 Å². The van der Waals surface area contributed by atoms with E-state index >= 15 is 0 Å². The number of benzene rings is 1. The van der Waals surface area contributed by atoms with E-state index in [2.05, 4.69) is 49.1 Å². The zero-order valence-electron chi connectivity index (χ0n) is 17.6. The second-order valence-electron chi connectivity index (χ2n) is 8.57. The molecule has 0 atom stereocenters. The topological polar surface area (TPSA) is 40.6 Å². The summed E-state index contributed by atoms with van der Waals surface area (Å²) in [7, 11) is 0. The maximum absolute atomic E-state index is 13.0. The Hall–Kier alpha value is -1.84. The van der Waals surface area contributed by atoms with Crippen LogP contribution in [-0.4, -0.2) is 47.8 Å². The normalized spacial score (nSPS) is 19.2. The Balaban J connectivity index is 1.43. The molecule has 3 rings (SSSR count). The summed E-state index contributed by atoms with van der Waals surface area (Å²) in [5.74, 6) is 1.56. The number of hydrogen-bond acceptors (Lipinski definition) is 2. The van der Waals surface area contributed by atoms with Crippen molar-refractivity contribution in [1.29, 1.82) is 0 Å². The van der Waals surface area contributed by atoms with Crippen molar-refractivity contribution in [2.45, 2.75) is 58.8 Å². The quantitative estimate of drug-likeness (QED) is 0.739. The first-order chi connectivity index (χ1) is 13.6. The van der Waals surface area contributed by atoms with Crippen LogP contribution in [0, 0.1) is 17.8 Å². The highest BCUT2D eigenvalue weighted by Gasteiger charge is 2.33. The zero-order valence-corrected chi connectivity index (χ0v) is 17.6. The fourth-order valence-electron chi connectivity index (χ4n) is 4.81. The Labute approximate surface area is 170 Å². The number of likely N-dealkylation sites (tertiary alicyclic amines) is 2. The lowest BCUT2D eigenvalue weighted by Gasteiger charge is -2.38. The minimum absolute atomic E-state index is 0.108. The van der Waals surface area contributed by atoms with Crippen LogP contribution in [0.3, 0.4) is 0 Å². The summed E-state index contributed by atoms with van der Waals surface area (Å²) >= 11 is 0. The van der Waals surface area contributed by atoms with Crippen LogP contribution < -0.4 is 0 Å². The molecule has 4 nitrogen and oxygen atoms in total. The summed E-state index contributed by atoms with van der Waals surface area (Å²) in [5.41, 5.74) is 1.40. The van der Waals surface area contributed by atoms with Crippen molar-refractivity contribution < 1.29 is 9.59 Å². The molecule has 0 aliphatic carbocycles. The van der Waals surface area contributed by atoms with Gasteiger partial charge in [0.05, 0.1) is 0 Å². The van der Waals surface area contributed by atoms with Crippen molar-refractivity contribution in [3.8, 4) is 0 Å². The van der Waals surface area contributed by atoms with Gasteiger partial charge in [-0.05, 0) is 56.4 Å². The van der Waals surface area contributed by atoms with Crippen LogP contribution in [-0.2, 0) is 16.0 Å². The maximum atomic E-state index is 13.0. The van der Waals surface area contributed by atoms with Crippen LogP contribution in [0.1, 0.15) is 57.9 Å². The smallest absolute Gasteiger partial charge is 0.225 e. The Bertz CT molecular complexity index is 625. The molecule has 154 valence electrons. The second kappa shape index (κ2) is 10.1. The fourth-order valence-corrected chi connectivity index (χ4v) is 4.81. The summed E-state index contributed by atoms with van der Waals surface area (Å²) < 4.78 is 0. The van der Waals surface area contributed by atoms with Crippen LogP contribution >= 0.6 is 0 Å². The van der Waals surface area contributed by atoms with Crippen molar-refractivity contribution in [1.82, 2.24) is 9.80 Å². The molecular formula is C24H36N2O2.